The number of hydrogen-bond acceptors (Lipinski definition) is 9. The number of imidazole rings is 1. The number of carbonyl (C=O) groups is 1. The Balaban J connectivity index is 1.68. The van der Waals surface area contributed by atoms with Crippen LogP contribution in [0.15, 0.2) is 39.9 Å². The number of hydrogen-bond donors (Lipinski definition) is 1. The Morgan fingerprint density at radius 1 is 1.11 bits per heavy atom. The van der Waals surface area contributed by atoms with Gasteiger partial charge in [-0.3, -0.25) is 18.8 Å². The number of aromatic nitrogens is 4. The van der Waals surface area contributed by atoms with E-state index in [0.717, 1.165) is 4.57 Å². The van der Waals surface area contributed by atoms with Gasteiger partial charge in [-0.15, -0.1) is 0 Å². The lowest BCUT2D eigenvalue weighted by Gasteiger charge is -2.31. The molecule has 12 heteroatoms. The van der Waals surface area contributed by atoms with Crippen molar-refractivity contribution in [3.05, 3.63) is 56.7 Å². The molecule has 1 aliphatic rings. The largest absolute Gasteiger partial charge is 0.457 e. The van der Waals surface area contributed by atoms with Gasteiger partial charge in [-0.2, -0.15) is 4.98 Å². The summed E-state index contributed by atoms with van der Waals surface area (Å²) in [5, 5.41) is 0. The van der Waals surface area contributed by atoms with Crippen LogP contribution in [0.3, 0.4) is 0 Å². The molecule has 0 radical (unpaired) electrons. The van der Waals surface area contributed by atoms with Crippen LogP contribution in [-0.4, -0.2) is 75.6 Å². The van der Waals surface area contributed by atoms with Crippen molar-refractivity contribution in [2.75, 3.05) is 45.7 Å². The van der Waals surface area contributed by atoms with Crippen molar-refractivity contribution in [2.45, 2.75) is 18.8 Å². The predicted octanol–water partition coefficient (Wildman–Crippen LogP) is -0.352. The fourth-order valence-corrected chi connectivity index (χ4v) is 4.28. The van der Waals surface area contributed by atoms with Crippen molar-refractivity contribution < 1.29 is 19.0 Å². The summed E-state index contributed by atoms with van der Waals surface area (Å²) in [6.45, 7) is 2.97. The number of esters is 1. The number of nitrogens with zero attached hydrogens (tertiary/aromatic N) is 5. The average molecular weight is 487 g/mol. The molecule has 1 aliphatic heterocycles. The molecule has 35 heavy (non-hydrogen) atoms. The Hall–Kier alpha value is -3.48. The predicted molar refractivity (Wildman–Crippen MR) is 128 cm³/mol. The van der Waals surface area contributed by atoms with Crippen molar-refractivity contribution in [3.63, 3.8) is 0 Å². The summed E-state index contributed by atoms with van der Waals surface area (Å²) in [7, 11) is 4.36. The van der Waals surface area contributed by atoms with E-state index in [9.17, 15) is 14.4 Å². The fraction of sp³-hybridized carbons (Fsp3) is 0.478. The maximum Gasteiger partial charge on any atom is 0.340 e. The van der Waals surface area contributed by atoms with Crippen LogP contribution in [0, 0.1) is 0 Å². The standard InChI is InChI=1S/C23H30N6O6/c1-26-19-17(20(30)27(2)23(26)32)29(22(24)25-19)14-16(13-28-9-11-34-12-10-28)35-21(31)18(33-3)15-7-5-4-6-8-15/h4-8,16,18H,9-14H2,1-3H3,(H2,24,25)/t16-,18+/m1/s1. The van der Waals surface area contributed by atoms with Crippen molar-refractivity contribution in [2.24, 2.45) is 14.1 Å². The van der Waals surface area contributed by atoms with E-state index in [-0.39, 0.29) is 23.7 Å². The quantitative estimate of drug-likeness (QED) is 0.424. The molecule has 12 nitrogen and oxygen atoms in total. The first-order valence-electron chi connectivity index (χ1n) is 11.3. The first-order chi connectivity index (χ1) is 16.8. The number of morpholine rings is 1. The van der Waals surface area contributed by atoms with E-state index in [1.165, 1.54) is 30.3 Å². The molecule has 2 N–H and O–H groups in total. The molecule has 2 atom stereocenters. The second kappa shape index (κ2) is 10.4. The Kier molecular flexibility index (Phi) is 7.34. The number of benzene rings is 1. The Morgan fingerprint density at radius 2 is 1.80 bits per heavy atom. The summed E-state index contributed by atoms with van der Waals surface area (Å²) in [5.41, 5.74) is 6.15. The molecule has 3 heterocycles. The molecule has 0 aliphatic carbocycles. The maximum absolute atomic E-state index is 13.2. The second-order valence-corrected chi connectivity index (χ2v) is 8.46. The summed E-state index contributed by atoms with van der Waals surface area (Å²) in [6.07, 6.45) is -1.59. The van der Waals surface area contributed by atoms with E-state index in [1.807, 2.05) is 18.2 Å². The minimum atomic E-state index is -0.908. The summed E-state index contributed by atoms with van der Waals surface area (Å²) in [6, 6.07) is 9.07. The normalized spacial score (nSPS) is 16.3. The number of rotatable bonds is 8. The molecule has 1 fully saturated rings. The molecule has 0 saturated carbocycles. The Labute approximate surface area is 201 Å². The number of aryl methyl sites for hydroxylation is 1. The topological polar surface area (TPSA) is 136 Å². The summed E-state index contributed by atoms with van der Waals surface area (Å²) < 4.78 is 20.6. The smallest absolute Gasteiger partial charge is 0.340 e. The summed E-state index contributed by atoms with van der Waals surface area (Å²) >= 11 is 0. The number of nitrogens with two attached hydrogens (primary N) is 1. The number of fused-ring (bicyclic) bond motifs is 1. The Morgan fingerprint density at radius 3 is 2.46 bits per heavy atom. The molecule has 4 rings (SSSR count). The highest BCUT2D eigenvalue weighted by atomic mass is 16.6. The van der Waals surface area contributed by atoms with Crippen molar-refractivity contribution in [3.8, 4) is 0 Å². The van der Waals surface area contributed by atoms with Gasteiger partial charge in [-0.1, -0.05) is 30.3 Å². The van der Waals surface area contributed by atoms with Gasteiger partial charge in [0.05, 0.1) is 19.8 Å². The highest BCUT2D eigenvalue weighted by Gasteiger charge is 2.29. The van der Waals surface area contributed by atoms with Gasteiger partial charge in [-0.05, 0) is 5.56 Å². The number of carbonyl (C=O) groups excluding carboxylic acids is 1. The maximum atomic E-state index is 13.2. The molecule has 188 valence electrons. The van der Waals surface area contributed by atoms with Crippen LogP contribution in [0.4, 0.5) is 5.95 Å². The van der Waals surface area contributed by atoms with E-state index in [0.29, 0.717) is 38.4 Å². The highest BCUT2D eigenvalue weighted by molar-refractivity contribution is 5.77. The van der Waals surface area contributed by atoms with Crippen molar-refractivity contribution in [1.29, 1.82) is 0 Å². The van der Waals surface area contributed by atoms with Gasteiger partial charge in [0, 0.05) is 40.8 Å². The van der Waals surface area contributed by atoms with E-state index in [1.54, 1.807) is 12.1 Å². The molecule has 0 spiro atoms. The highest BCUT2D eigenvalue weighted by Crippen LogP contribution is 2.21. The molecule has 0 amide bonds. The molecule has 1 aromatic carbocycles. The van der Waals surface area contributed by atoms with Gasteiger partial charge in [0.2, 0.25) is 5.95 Å². The molecule has 2 aromatic heterocycles. The van der Waals surface area contributed by atoms with Crippen LogP contribution < -0.4 is 17.0 Å². The van der Waals surface area contributed by atoms with E-state index < -0.39 is 29.4 Å². The lowest BCUT2D eigenvalue weighted by molar-refractivity contribution is -0.163. The minimum Gasteiger partial charge on any atom is -0.457 e. The van der Waals surface area contributed by atoms with Crippen molar-refractivity contribution in [1.82, 2.24) is 23.6 Å². The van der Waals surface area contributed by atoms with Crippen LogP contribution in [0.2, 0.25) is 0 Å². The molecular formula is C23H30N6O6. The van der Waals surface area contributed by atoms with Gasteiger partial charge in [0.25, 0.3) is 5.56 Å². The molecular weight excluding hydrogens is 456 g/mol. The second-order valence-electron chi connectivity index (χ2n) is 8.46. The minimum absolute atomic E-state index is 0.0488. The van der Waals surface area contributed by atoms with Crippen molar-refractivity contribution >= 4 is 23.1 Å². The van der Waals surface area contributed by atoms with E-state index in [2.05, 4.69) is 9.88 Å². The third-order valence-electron chi connectivity index (χ3n) is 6.16. The van der Waals surface area contributed by atoms with E-state index in [4.69, 9.17) is 19.9 Å². The van der Waals surface area contributed by atoms with Crippen LogP contribution in [0.25, 0.3) is 11.2 Å². The van der Waals surface area contributed by atoms with Gasteiger partial charge < -0.3 is 24.5 Å². The Bertz CT molecular complexity index is 1310. The molecule has 3 aromatic rings. The third kappa shape index (κ3) is 4.99. The number of nitrogen functional groups attached to an aromatic ring is 1. The molecule has 0 bridgehead atoms. The van der Waals surface area contributed by atoms with Crippen LogP contribution in [0.1, 0.15) is 11.7 Å². The van der Waals surface area contributed by atoms with Crippen LogP contribution in [0.5, 0.6) is 0 Å². The van der Waals surface area contributed by atoms with E-state index >= 15 is 0 Å². The molecule has 1 saturated heterocycles. The zero-order valence-electron chi connectivity index (χ0n) is 20.0. The van der Waals surface area contributed by atoms with Gasteiger partial charge in [0.15, 0.2) is 17.3 Å². The van der Waals surface area contributed by atoms with Crippen LogP contribution >= 0.6 is 0 Å². The first-order valence-corrected chi connectivity index (χ1v) is 11.3. The lowest BCUT2D eigenvalue weighted by Crippen LogP contribution is -2.44. The van der Waals surface area contributed by atoms with Gasteiger partial charge in [-0.25, -0.2) is 9.59 Å². The number of methoxy groups -OCH3 is 1. The third-order valence-corrected chi connectivity index (χ3v) is 6.16. The van der Waals surface area contributed by atoms with Gasteiger partial charge in [0.1, 0.15) is 6.10 Å². The van der Waals surface area contributed by atoms with Gasteiger partial charge >= 0.3 is 11.7 Å². The fourth-order valence-electron chi connectivity index (χ4n) is 4.28. The number of anilines is 1. The SMILES string of the molecule is CO[C@H](C(=O)O[C@H](CN1CCOCC1)Cn1c(N)nc2c1c(=O)n(C)c(=O)n2C)c1ccccc1. The summed E-state index contributed by atoms with van der Waals surface area (Å²) in [4.78, 5) is 44.8. The zero-order valence-corrected chi connectivity index (χ0v) is 20.0. The monoisotopic (exact) mass is 486 g/mol. The number of ether oxygens (including phenoxy) is 3. The molecule has 0 unspecified atom stereocenters. The summed E-state index contributed by atoms with van der Waals surface area (Å²) in [5.74, 6) is -0.507. The van der Waals surface area contributed by atoms with Crippen LogP contribution in [-0.2, 0) is 39.6 Å². The first kappa shape index (κ1) is 24.6. The lowest BCUT2D eigenvalue weighted by atomic mass is 10.1. The average Bonchev–Trinajstić information content (AvgIpc) is 3.19. The zero-order chi connectivity index (χ0) is 25.1.